The standard InChI is InChI=1S/C34H37N5O6SSi/c1-34(2,3)28-20-38(31(28)45-47(26-10-6-4-7-11-26)27-12-8-5-9-13-27)32-36-29(22-46-32)30(40)37-18-24(19-37)35-33(41)44-21-23-14-16-25(17-15-23)39(42)43/h4-17,22,24,28,31,47H,18-21H2,1-3H3,(H,35,41). The average molecular weight is 672 g/mol. The lowest BCUT2D eigenvalue weighted by Gasteiger charge is -2.54. The molecular weight excluding hydrogens is 635 g/mol. The highest BCUT2D eigenvalue weighted by Gasteiger charge is 2.48. The van der Waals surface area contributed by atoms with Gasteiger partial charge in [0.25, 0.3) is 11.6 Å². The molecule has 0 aliphatic carbocycles. The number of carbonyl (C=O) groups excluding carboxylic acids is 2. The first-order valence-corrected chi connectivity index (χ1v) is 18.0. The van der Waals surface area contributed by atoms with Gasteiger partial charge in [-0.2, -0.15) is 0 Å². The monoisotopic (exact) mass is 671 g/mol. The molecule has 3 aromatic carbocycles. The van der Waals surface area contributed by atoms with Gasteiger partial charge in [-0.25, -0.2) is 9.78 Å². The smallest absolute Gasteiger partial charge is 0.407 e. The molecule has 2 amide bonds. The van der Waals surface area contributed by atoms with Crippen LogP contribution in [0, 0.1) is 21.4 Å². The van der Waals surface area contributed by atoms with Crippen LogP contribution in [0.1, 0.15) is 36.8 Å². The van der Waals surface area contributed by atoms with Gasteiger partial charge in [0.15, 0.2) is 5.13 Å². The quantitative estimate of drug-likeness (QED) is 0.151. The summed E-state index contributed by atoms with van der Waals surface area (Å²) >= 11 is 1.44. The molecule has 2 saturated heterocycles. The maximum atomic E-state index is 13.3. The zero-order valence-electron chi connectivity index (χ0n) is 26.4. The second-order valence-electron chi connectivity index (χ2n) is 12.9. The van der Waals surface area contributed by atoms with Gasteiger partial charge in [0, 0.05) is 43.1 Å². The van der Waals surface area contributed by atoms with Gasteiger partial charge in [-0.15, -0.1) is 11.3 Å². The molecule has 6 rings (SSSR count). The number of nitrogens with zero attached hydrogens (tertiary/aromatic N) is 4. The maximum Gasteiger partial charge on any atom is 0.407 e. The van der Waals surface area contributed by atoms with E-state index in [2.05, 4.69) is 79.5 Å². The fraction of sp³-hybridized carbons (Fsp3) is 0.324. The van der Waals surface area contributed by atoms with E-state index in [0.717, 1.165) is 11.7 Å². The van der Waals surface area contributed by atoms with Crippen molar-refractivity contribution in [3.05, 3.63) is 112 Å². The Morgan fingerprint density at radius 1 is 0.979 bits per heavy atom. The molecule has 47 heavy (non-hydrogen) atoms. The van der Waals surface area contributed by atoms with Crippen molar-refractivity contribution in [1.82, 2.24) is 15.2 Å². The van der Waals surface area contributed by atoms with Crippen LogP contribution in [-0.2, 0) is 15.8 Å². The zero-order chi connectivity index (χ0) is 33.1. The Morgan fingerprint density at radius 3 is 2.17 bits per heavy atom. The summed E-state index contributed by atoms with van der Waals surface area (Å²) in [6, 6.07) is 26.4. The first-order chi connectivity index (χ1) is 22.6. The summed E-state index contributed by atoms with van der Waals surface area (Å²) in [5.74, 6) is 0.103. The molecule has 2 fully saturated rings. The number of nitro benzene ring substituents is 1. The Hall–Kier alpha value is -4.59. The van der Waals surface area contributed by atoms with Crippen molar-refractivity contribution in [3.8, 4) is 0 Å². The van der Waals surface area contributed by atoms with E-state index in [4.69, 9.17) is 14.1 Å². The minimum Gasteiger partial charge on any atom is -0.445 e. The first-order valence-electron chi connectivity index (χ1n) is 15.5. The lowest BCUT2D eigenvalue weighted by molar-refractivity contribution is -0.384. The molecule has 0 bridgehead atoms. The number of nitrogens with one attached hydrogen (secondary N) is 1. The van der Waals surface area contributed by atoms with Crippen molar-refractivity contribution in [2.24, 2.45) is 11.3 Å². The highest BCUT2D eigenvalue weighted by atomic mass is 32.1. The topological polar surface area (TPSA) is 127 Å². The number of amides is 2. The van der Waals surface area contributed by atoms with Gasteiger partial charge in [0.05, 0.1) is 11.0 Å². The molecule has 244 valence electrons. The number of rotatable bonds is 10. The molecule has 0 saturated carbocycles. The van der Waals surface area contributed by atoms with Gasteiger partial charge in [0.2, 0.25) is 9.04 Å². The van der Waals surface area contributed by atoms with Gasteiger partial charge >= 0.3 is 6.09 Å². The summed E-state index contributed by atoms with van der Waals surface area (Å²) < 4.78 is 12.3. The van der Waals surface area contributed by atoms with E-state index in [1.54, 1.807) is 22.4 Å². The van der Waals surface area contributed by atoms with E-state index in [1.807, 2.05) is 12.1 Å². The number of thiazole rings is 1. The molecule has 2 atom stereocenters. The van der Waals surface area contributed by atoms with Crippen molar-refractivity contribution >= 4 is 53.6 Å². The van der Waals surface area contributed by atoms with E-state index >= 15 is 0 Å². The molecule has 0 spiro atoms. The number of likely N-dealkylation sites (tertiary alicyclic amines) is 1. The summed E-state index contributed by atoms with van der Waals surface area (Å²) in [5, 5.41) is 18.5. The van der Waals surface area contributed by atoms with Crippen LogP contribution in [0.3, 0.4) is 0 Å². The van der Waals surface area contributed by atoms with Crippen molar-refractivity contribution in [2.45, 2.75) is 39.6 Å². The second kappa shape index (κ2) is 13.6. The lowest BCUT2D eigenvalue weighted by atomic mass is 9.74. The third-order valence-corrected chi connectivity index (χ3v) is 12.0. The maximum absolute atomic E-state index is 13.3. The third kappa shape index (κ3) is 7.37. The number of hydrogen-bond acceptors (Lipinski definition) is 9. The Labute approximate surface area is 279 Å². The molecule has 13 heteroatoms. The summed E-state index contributed by atoms with van der Waals surface area (Å²) in [7, 11) is -2.03. The molecule has 11 nitrogen and oxygen atoms in total. The highest BCUT2D eigenvalue weighted by Crippen LogP contribution is 2.43. The van der Waals surface area contributed by atoms with Crippen molar-refractivity contribution < 1.29 is 23.7 Å². The number of hydrogen-bond donors (Lipinski definition) is 1. The van der Waals surface area contributed by atoms with Gasteiger partial charge < -0.3 is 24.3 Å². The van der Waals surface area contributed by atoms with Crippen LogP contribution in [0.4, 0.5) is 15.6 Å². The predicted molar refractivity (Wildman–Crippen MR) is 183 cm³/mol. The average Bonchev–Trinajstić information content (AvgIpc) is 3.51. The van der Waals surface area contributed by atoms with Crippen LogP contribution in [0.5, 0.6) is 0 Å². The Morgan fingerprint density at radius 2 is 1.60 bits per heavy atom. The molecule has 4 aromatic rings. The van der Waals surface area contributed by atoms with Crippen molar-refractivity contribution in [1.29, 1.82) is 0 Å². The van der Waals surface area contributed by atoms with Crippen LogP contribution < -0.4 is 20.6 Å². The van der Waals surface area contributed by atoms with E-state index in [0.29, 0.717) is 24.3 Å². The fourth-order valence-electron chi connectivity index (χ4n) is 5.75. The van der Waals surface area contributed by atoms with Crippen molar-refractivity contribution in [3.63, 3.8) is 0 Å². The van der Waals surface area contributed by atoms with Gasteiger partial charge in [-0.1, -0.05) is 81.4 Å². The van der Waals surface area contributed by atoms with E-state index < -0.39 is 20.1 Å². The molecule has 2 unspecified atom stereocenters. The number of benzene rings is 3. The predicted octanol–water partition coefficient (Wildman–Crippen LogP) is 4.17. The van der Waals surface area contributed by atoms with Crippen LogP contribution in [-0.4, -0.2) is 67.8 Å². The molecule has 1 N–H and O–H groups in total. The highest BCUT2D eigenvalue weighted by molar-refractivity contribution is 7.14. The Bertz CT molecular complexity index is 1670. The van der Waals surface area contributed by atoms with Crippen LogP contribution in [0.25, 0.3) is 0 Å². The number of nitro groups is 1. The number of non-ortho nitro benzene ring substituents is 1. The second-order valence-corrected chi connectivity index (χ2v) is 16.1. The van der Waals surface area contributed by atoms with Crippen LogP contribution in [0.2, 0.25) is 0 Å². The van der Waals surface area contributed by atoms with Crippen LogP contribution in [0.15, 0.2) is 90.3 Å². The SMILES string of the molecule is CC(C)(C)C1CN(c2nc(C(=O)N3CC(NC(=O)OCc4ccc([N+](=O)[O-])cc4)C3)cs2)C1O[SiH](c1ccccc1)c1ccccc1. The zero-order valence-corrected chi connectivity index (χ0v) is 28.4. The normalized spacial score (nSPS) is 18.0. The largest absolute Gasteiger partial charge is 0.445 e. The first kappa shape index (κ1) is 32.4. The van der Waals surface area contributed by atoms with E-state index in [9.17, 15) is 19.7 Å². The molecular formula is C34H37N5O6SSi. The summed E-state index contributed by atoms with van der Waals surface area (Å²) in [6.07, 6.45) is -0.780. The van der Waals surface area contributed by atoms with Crippen LogP contribution >= 0.6 is 11.3 Å². The summed E-state index contributed by atoms with van der Waals surface area (Å²) in [5.41, 5.74) is 1.00. The van der Waals surface area contributed by atoms with Gasteiger partial charge in [-0.05, 0) is 33.5 Å². The Balaban J connectivity index is 1.06. The minimum atomic E-state index is -2.03. The number of alkyl carbamates (subject to hydrolysis) is 1. The van der Waals surface area contributed by atoms with Gasteiger partial charge in [-0.3, -0.25) is 14.9 Å². The number of ether oxygens (including phenoxy) is 1. The lowest BCUT2D eigenvalue weighted by Crippen LogP contribution is -2.65. The molecule has 2 aliphatic rings. The van der Waals surface area contributed by atoms with Gasteiger partial charge in [0.1, 0.15) is 18.5 Å². The fourth-order valence-corrected chi connectivity index (χ4v) is 9.04. The summed E-state index contributed by atoms with van der Waals surface area (Å²) in [4.78, 5) is 44.5. The van der Waals surface area contributed by atoms with E-state index in [-0.39, 0.29) is 41.8 Å². The minimum absolute atomic E-state index is 0.0159. The van der Waals surface area contributed by atoms with E-state index in [1.165, 1.54) is 33.8 Å². The van der Waals surface area contributed by atoms with Crippen molar-refractivity contribution in [2.75, 3.05) is 24.5 Å². The summed E-state index contributed by atoms with van der Waals surface area (Å²) in [6.45, 7) is 8.19. The third-order valence-electron chi connectivity index (χ3n) is 8.60. The molecule has 3 heterocycles. The molecule has 2 aliphatic heterocycles. The molecule has 0 radical (unpaired) electrons. The Kier molecular flexibility index (Phi) is 9.39. The number of anilines is 1. The number of carbonyl (C=O) groups is 2. The number of aromatic nitrogens is 1. The molecule has 1 aromatic heterocycles.